The number of amides is 2. The SMILES string of the molecule is CCCCNC(=O)C(=O)N/N=C/c1ccc(Br)cc1. The number of rotatable bonds is 5. The van der Waals surface area contributed by atoms with Crippen LogP contribution in [0.2, 0.25) is 0 Å². The normalized spacial score (nSPS) is 10.4. The van der Waals surface area contributed by atoms with Crippen LogP contribution in [-0.4, -0.2) is 24.6 Å². The smallest absolute Gasteiger partial charge is 0.329 e. The molecule has 0 atom stereocenters. The van der Waals surface area contributed by atoms with Gasteiger partial charge in [-0.25, -0.2) is 5.43 Å². The van der Waals surface area contributed by atoms with Gasteiger partial charge in [0.1, 0.15) is 0 Å². The Morgan fingerprint density at radius 3 is 2.58 bits per heavy atom. The van der Waals surface area contributed by atoms with Crippen LogP contribution in [0, 0.1) is 0 Å². The highest BCUT2D eigenvalue weighted by Gasteiger charge is 2.10. The summed E-state index contributed by atoms with van der Waals surface area (Å²) in [5.74, 6) is -1.43. The van der Waals surface area contributed by atoms with Crippen LogP contribution in [0.4, 0.5) is 0 Å². The van der Waals surface area contributed by atoms with Gasteiger partial charge in [-0.15, -0.1) is 0 Å². The summed E-state index contributed by atoms with van der Waals surface area (Å²) in [6.07, 6.45) is 3.29. The maximum atomic E-state index is 11.3. The molecule has 1 aromatic carbocycles. The number of benzene rings is 1. The molecular weight excluding hydrogens is 310 g/mol. The summed E-state index contributed by atoms with van der Waals surface area (Å²) in [5.41, 5.74) is 3.01. The largest absolute Gasteiger partial charge is 0.348 e. The molecule has 5 nitrogen and oxygen atoms in total. The molecule has 0 bridgehead atoms. The third-order valence-electron chi connectivity index (χ3n) is 2.27. The highest BCUT2D eigenvalue weighted by Crippen LogP contribution is 2.08. The molecule has 0 aromatic heterocycles. The first-order chi connectivity index (χ1) is 9.13. The molecule has 102 valence electrons. The van der Waals surface area contributed by atoms with Crippen molar-refractivity contribution in [3.63, 3.8) is 0 Å². The predicted molar refractivity (Wildman–Crippen MR) is 77.8 cm³/mol. The molecule has 0 saturated heterocycles. The quantitative estimate of drug-likeness (QED) is 0.375. The van der Waals surface area contributed by atoms with E-state index in [2.05, 4.69) is 31.8 Å². The van der Waals surface area contributed by atoms with Crippen molar-refractivity contribution < 1.29 is 9.59 Å². The third kappa shape index (κ3) is 6.15. The van der Waals surface area contributed by atoms with Gasteiger partial charge in [0.25, 0.3) is 0 Å². The van der Waals surface area contributed by atoms with Crippen molar-refractivity contribution in [2.45, 2.75) is 19.8 Å². The van der Waals surface area contributed by atoms with E-state index in [1.165, 1.54) is 6.21 Å². The van der Waals surface area contributed by atoms with E-state index in [4.69, 9.17) is 0 Å². The van der Waals surface area contributed by atoms with E-state index in [0.717, 1.165) is 22.9 Å². The summed E-state index contributed by atoms with van der Waals surface area (Å²) in [5, 5.41) is 6.23. The van der Waals surface area contributed by atoms with Gasteiger partial charge >= 0.3 is 11.8 Å². The van der Waals surface area contributed by atoms with Gasteiger partial charge in [-0.3, -0.25) is 9.59 Å². The van der Waals surface area contributed by atoms with Crippen molar-refractivity contribution >= 4 is 34.0 Å². The molecule has 6 heteroatoms. The lowest BCUT2D eigenvalue weighted by molar-refractivity contribution is -0.139. The number of nitrogens with zero attached hydrogens (tertiary/aromatic N) is 1. The van der Waals surface area contributed by atoms with Crippen LogP contribution in [0.1, 0.15) is 25.3 Å². The molecular formula is C13H16BrN3O2. The molecule has 0 radical (unpaired) electrons. The minimum atomic E-state index is -0.760. The molecule has 2 N–H and O–H groups in total. The van der Waals surface area contributed by atoms with E-state index in [-0.39, 0.29) is 0 Å². The number of carbonyl (C=O) groups is 2. The minimum absolute atomic E-state index is 0.499. The Kier molecular flexibility index (Phi) is 6.81. The zero-order valence-corrected chi connectivity index (χ0v) is 12.2. The second-order valence-electron chi connectivity index (χ2n) is 3.86. The molecule has 2 amide bonds. The average Bonchev–Trinajstić information content (AvgIpc) is 2.41. The monoisotopic (exact) mass is 325 g/mol. The van der Waals surface area contributed by atoms with E-state index in [1.54, 1.807) is 0 Å². The molecule has 0 saturated carbocycles. The number of hydrazone groups is 1. The Hall–Kier alpha value is -1.69. The third-order valence-corrected chi connectivity index (χ3v) is 2.80. The van der Waals surface area contributed by atoms with Gasteiger partial charge in [-0.1, -0.05) is 41.4 Å². The Morgan fingerprint density at radius 1 is 1.26 bits per heavy atom. The van der Waals surface area contributed by atoms with Crippen molar-refractivity contribution in [1.29, 1.82) is 0 Å². The molecule has 0 aliphatic rings. The van der Waals surface area contributed by atoms with E-state index in [1.807, 2.05) is 31.2 Å². The number of carbonyl (C=O) groups excluding carboxylic acids is 2. The summed E-state index contributed by atoms with van der Waals surface area (Å²) < 4.78 is 0.962. The first kappa shape index (κ1) is 15.4. The van der Waals surface area contributed by atoms with Crippen LogP contribution < -0.4 is 10.7 Å². The number of hydrogen-bond acceptors (Lipinski definition) is 3. The molecule has 0 aliphatic heterocycles. The van der Waals surface area contributed by atoms with Crippen molar-refractivity contribution in [3.8, 4) is 0 Å². The van der Waals surface area contributed by atoms with Crippen LogP contribution in [0.3, 0.4) is 0 Å². The van der Waals surface area contributed by atoms with Crippen LogP contribution in [0.25, 0.3) is 0 Å². The van der Waals surface area contributed by atoms with Crippen molar-refractivity contribution in [3.05, 3.63) is 34.3 Å². The summed E-state index contributed by atoms with van der Waals surface area (Å²) >= 11 is 3.32. The summed E-state index contributed by atoms with van der Waals surface area (Å²) in [6, 6.07) is 7.39. The first-order valence-electron chi connectivity index (χ1n) is 6.00. The van der Waals surface area contributed by atoms with Crippen molar-refractivity contribution in [1.82, 2.24) is 10.7 Å². The zero-order chi connectivity index (χ0) is 14.1. The second-order valence-corrected chi connectivity index (χ2v) is 4.78. The van der Waals surface area contributed by atoms with Gasteiger partial charge in [0, 0.05) is 11.0 Å². The molecule has 0 fully saturated rings. The Labute approximate surface area is 120 Å². The fraction of sp³-hybridized carbons (Fsp3) is 0.308. The number of nitrogens with one attached hydrogen (secondary N) is 2. The summed E-state index contributed by atoms with van der Waals surface area (Å²) in [4.78, 5) is 22.6. The number of halogens is 1. The molecule has 1 rings (SSSR count). The lowest BCUT2D eigenvalue weighted by atomic mass is 10.2. The van der Waals surface area contributed by atoms with E-state index >= 15 is 0 Å². The van der Waals surface area contributed by atoms with E-state index < -0.39 is 11.8 Å². The van der Waals surface area contributed by atoms with Gasteiger partial charge in [0.15, 0.2) is 0 Å². The highest BCUT2D eigenvalue weighted by atomic mass is 79.9. The standard InChI is InChI=1S/C13H16BrN3O2/c1-2-3-8-15-12(18)13(19)17-16-9-10-4-6-11(14)7-5-10/h4-7,9H,2-3,8H2,1H3,(H,15,18)(H,17,19)/b16-9+. The van der Waals surface area contributed by atoms with Gasteiger partial charge in [0.2, 0.25) is 0 Å². The molecule has 0 spiro atoms. The lowest BCUT2D eigenvalue weighted by Crippen LogP contribution is -2.38. The van der Waals surface area contributed by atoms with Crippen LogP contribution in [0.15, 0.2) is 33.8 Å². The van der Waals surface area contributed by atoms with E-state index in [9.17, 15) is 9.59 Å². The predicted octanol–water partition coefficient (Wildman–Crippen LogP) is 1.82. The maximum absolute atomic E-state index is 11.3. The van der Waals surface area contributed by atoms with E-state index in [0.29, 0.717) is 6.54 Å². The van der Waals surface area contributed by atoms with Gasteiger partial charge in [-0.05, 0) is 24.1 Å². The molecule has 19 heavy (non-hydrogen) atoms. The number of unbranched alkanes of at least 4 members (excludes halogenated alkanes) is 1. The molecule has 0 aliphatic carbocycles. The van der Waals surface area contributed by atoms with Gasteiger partial charge in [-0.2, -0.15) is 5.10 Å². The van der Waals surface area contributed by atoms with Crippen LogP contribution in [-0.2, 0) is 9.59 Å². The first-order valence-corrected chi connectivity index (χ1v) is 6.79. The molecule has 0 unspecified atom stereocenters. The summed E-state index contributed by atoms with van der Waals surface area (Å²) in [6.45, 7) is 2.51. The topological polar surface area (TPSA) is 70.6 Å². The second kappa shape index (κ2) is 8.42. The zero-order valence-electron chi connectivity index (χ0n) is 10.6. The van der Waals surface area contributed by atoms with Crippen LogP contribution in [0.5, 0.6) is 0 Å². The lowest BCUT2D eigenvalue weighted by Gasteiger charge is -2.02. The fourth-order valence-electron chi connectivity index (χ4n) is 1.22. The summed E-state index contributed by atoms with van der Waals surface area (Å²) in [7, 11) is 0. The molecule has 0 heterocycles. The van der Waals surface area contributed by atoms with Crippen LogP contribution >= 0.6 is 15.9 Å². The minimum Gasteiger partial charge on any atom is -0.348 e. The molecule has 1 aromatic rings. The number of hydrogen-bond donors (Lipinski definition) is 2. The van der Waals surface area contributed by atoms with Gasteiger partial charge < -0.3 is 5.32 Å². The van der Waals surface area contributed by atoms with Crippen molar-refractivity contribution in [2.75, 3.05) is 6.54 Å². The van der Waals surface area contributed by atoms with Gasteiger partial charge in [0.05, 0.1) is 6.21 Å². The highest BCUT2D eigenvalue weighted by molar-refractivity contribution is 9.10. The average molecular weight is 326 g/mol. The fourth-order valence-corrected chi connectivity index (χ4v) is 1.49. The Balaban J connectivity index is 2.36. The Morgan fingerprint density at radius 2 is 1.95 bits per heavy atom. The van der Waals surface area contributed by atoms with Crippen molar-refractivity contribution in [2.24, 2.45) is 5.10 Å². The maximum Gasteiger partial charge on any atom is 0.329 e. The Bertz CT molecular complexity index is 457.